The molecule has 0 bridgehead atoms. The summed E-state index contributed by atoms with van der Waals surface area (Å²) < 4.78 is 39.5. The van der Waals surface area contributed by atoms with Gasteiger partial charge in [-0.2, -0.15) is 13.2 Å². The van der Waals surface area contributed by atoms with Gasteiger partial charge in [0, 0.05) is 37.6 Å². The molecule has 0 radical (unpaired) electrons. The molecule has 1 aliphatic rings. The van der Waals surface area contributed by atoms with Crippen LogP contribution < -0.4 is 5.32 Å². The van der Waals surface area contributed by atoms with Crippen molar-refractivity contribution < 1.29 is 13.2 Å². The van der Waals surface area contributed by atoms with Crippen LogP contribution in [0.25, 0.3) is 0 Å². The molecular formula is C21H27F3N4. The number of anilines is 1. The number of likely N-dealkylation sites (tertiary alicyclic amines) is 1. The number of halogens is 3. The standard InChI is InChI=1S/C21H27F3N4/c1-2-25-20-26-12-17(13-27-20)15-28-11-5-6-16(14-28)9-10-18-7-3-4-8-19(18)21(22,23)24/h3-4,7-8,12-13,16H,2,5-6,9-11,14-15H2,1H3,(H,25,26,27)/t16-/m0/s1. The molecule has 0 amide bonds. The van der Waals surface area contributed by atoms with Gasteiger partial charge in [0.2, 0.25) is 5.95 Å². The van der Waals surface area contributed by atoms with Gasteiger partial charge in [-0.3, -0.25) is 4.90 Å². The summed E-state index contributed by atoms with van der Waals surface area (Å²) in [7, 11) is 0. The highest BCUT2D eigenvalue weighted by atomic mass is 19.4. The van der Waals surface area contributed by atoms with Gasteiger partial charge in [-0.1, -0.05) is 18.2 Å². The third kappa shape index (κ3) is 5.67. The molecule has 1 fully saturated rings. The van der Waals surface area contributed by atoms with E-state index in [2.05, 4.69) is 20.2 Å². The van der Waals surface area contributed by atoms with E-state index in [0.717, 1.165) is 51.0 Å². The average molecular weight is 392 g/mol. The van der Waals surface area contributed by atoms with E-state index in [4.69, 9.17) is 0 Å². The van der Waals surface area contributed by atoms with E-state index in [0.29, 0.717) is 23.9 Å². The quantitative estimate of drug-likeness (QED) is 0.737. The van der Waals surface area contributed by atoms with E-state index in [9.17, 15) is 13.2 Å². The highest BCUT2D eigenvalue weighted by Gasteiger charge is 2.33. The monoisotopic (exact) mass is 392 g/mol. The van der Waals surface area contributed by atoms with Crippen molar-refractivity contribution in [2.75, 3.05) is 25.0 Å². The van der Waals surface area contributed by atoms with Crippen molar-refractivity contribution >= 4 is 5.95 Å². The first-order chi connectivity index (χ1) is 13.5. The van der Waals surface area contributed by atoms with Crippen molar-refractivity contribution in [2.24, 2.45) is 5.92 Å². The van der Waals surface area contributed by atoms with Crippen LogP contribution in [0.1, 0.15) is 42.9 Å². The number of nitrogens with zero attached hydrogens (tertiary/aromatic N) is 3. The van der Waals surface area contributed by atoms with E-state index in [-0.39, 0.29) is 0 Å². The van der Waals surface area contributed by atoms with Crippen molar-refractivity contribution in [3.63, 3.8) is 0 Å². The lowest BCUT2D eigenvalue weighted by Crippen LogP contribution is -2.35. The molecule has 2 aromatic rings. The fourth-order valence-corrected chi connectivity index (χ4v) is 3.85. The van der Waals surface area contributed by atoms with Gasteiger partial charge in [0.1, 0.15) is 0 Å². The van der Waals surface area contributed by atoms with Crippen molar-refractivity contribution in [1.82, 2.24) is 14.9 Å². The molecule has 1 aromatic carbocycles. The maximum Gasteiger partial charge on any atom is 0.416 e. The summed E-state index contributed by atoms with van der Waals surface area (Å²) in [5.74, 6) is 1.04. The van der Waals surface area contributed by atoms with E-state index in [1.807, 2.05) is 19.3 Å². The van der Waals surface area contributed by atoms with Gasteiger partial charge in [0.05, 0.1) is 5.56 Å². The summed E-state index contributed by atoms with van der Waals surface area (Å²) in [5, 5.41) is 3.08. The molecule has 1 N–H and O–H groups in total. The minimum atomic E-state index is -4.28. The molecule has 28 heavy (non-hydrogen) atoms. The molecule has 0 aliphatic carbocycles. The minimum absolute atomic E-state index is 0.402. The van der Waals surface area contributed by atoms with Gasteiger partial charge < -0.3 is 5.32 Å². The Bertz CT molecular complexity index is 746. The summed E-state index contributed by atoms with van der Waals surface area (Å²) in [6.07, 6.45) is 2.78. The number of aryl methyl sites for hydroxylation is 1. The Morgan fingerprint density at radius 3 is 2.64 bits per heavy atom. The van der Waals surface area contributed by atoms with Crippen LogP contribution in [0, 0.1) is 5.92 Å². The number of alkyl halides is 3. The Balaban J connectivity index is 1.54. The second-order valence-corrected chi connectivity index (χ2v) is 7.38. The van der Waals surface area contributed by atoms with E-state index in [1.54, 1.807) is 12.1 Å². The Hall–Kier alpha value is -2.15. The SMILES string of the molecule is CCNc1ncc(CN2CCC[C@@H](CCc3ccccc3C(F)(F)F)C2)cn1. The summed E-state index contributed by atoms with van der Waals surface area (Å²) in [6, 6.07) is 5.93. The number of hydrogen-bond donors (Lipinski definition) is 1. The van der Waals surface area contributed by atoms with Crippen LogP contribution in [-0.2, 0) is 19.1 Å². The molecule has 1 aromatic heterocycles. The highest BCUT2D eigenvalue weighted by molar-refractivity contribution is 5.29. The van der Waals surface area contributed by atoms with Crippen LogP contribution in [0.2, 0.25) is 0 Å². The lowest BCUT2D eigenvalue weighted by molar-refractivity contribution is -0.138. The van der Waals surface area contributed by atoms with Crippen molar-refractivity contribution in [2.45, 2.75) is 45.3 Å². The molecule has 1 aliphatic heterocycles. The number of piperidine rings is 1. The fraction of sp³-hybridized carbons (Fsp3) is 0.524. The molecule has 4 nitrogen and oxygen atoms in total. The van der Waals surface area contributed by atoms with Gasteiger partial charge in [-0.05, 0) is 56.7 Å². The van der Waals surface area contributed by atoms with Gasteiger partial charge in [-0.15, -0.1) is 0 Å². The van der Waals surface area contributed by atoms with Crippen LogP contribution in [0.15, 0.2) is 36.7 Å². The van der Waals surface area contributed by atoms with E-state index >= 15 is 0 Å². The van der Waals surface area contributed by atoms with Crippen molar-refractivity contribution in [3.8, 4) is 0 Å². The van der Waals surface area contributed by atoms with Crippen molar-refractivity contribution in [1.29, 1.82) is 0 Å². The lowest BCUT2D eigenvalue weighted by Gasteiger charge is -2.32. The van der Waals surface area contributed by atoms with Gasteiger partial charge in [-0.25, -0.2) is 9.97 Å². The topological polar surface area (TPSA) is 41.1 Å². The molecule has 2 heterocycles. The number of nitrogens with one attached hydrogen (secondary N) is 1. The molecule has 0 unspecified atom stereocenters. The summed E-state index contributed by atoms with van der Waals surface area (Å²) in [5.41, 5.74) is 0.963. The lowest BCUT2D eigenvalue weighted by atomic mass is 9.90. The Labute approximate surface area is 164 Å². The zero-order valence-corrected chi connectivity index (χ0v) is 16.2. The number of rotatable bonds is 7. The number of benzene rings is 1. The van der Waals surface area contributed by atoms with Crippen LogP contribution in [0.4, 0.5) is 19.1 Å². The average Bonchev–Trinajstić information content (AvgIpc) is 2.68. The smallest absolute Gasteiger partial charge is 0.355 e. The van der Waals surface area contributed by atoms with Crippen LogP contribution in [0.5, 0.6) is 0 Å². The van der Waals surface area contributed by atoms with Crippen LogP contribution in [0.3, 0.4) is 0 Å². The normalized spacial score (nSPS) is 18.2. The Morgan fingerprint density at radius 2 is 1.93 bits per heavy atom. The molecule has 1 atom stereocenters. The van der Waals surface area contributed by atoms with E-state index < -0.39 is 11.7 Å². The maximum absolute atomic E-state index is 13.2. The Kier molecular flexibility index (Phi) is 6.88. The van der Waals surface area contributed by atoms with Gasteiger partial charge in [0.15, 0.2) is 0 Å². The predicted octanol–water partition coefficient (Wildman–Crippen LogP) is 4.77. The van der Waals surface area contributed by atoms with Gasteiger partial charge in [0.25, 0.3) is 0 Å². The van der Waals surface area contributed by atoms with Crippen LogP contribution in [-0.4, -0.2) is 34.5 Å². The summed E-state index contributed by atoms with van der Waals surface area (Å²) in [4.78, 5) is 11.0. The summed E-state index contributed by atoms with van der Waals surface area (Å²) >= 11 is 0. The molecular weight excluding hydrogens is 365 g/mol. The third-order valence-electron chi connectivity index (χ3n) is 5.19. The third-order valence-corrected chi connectivity index (χ3v) is 5.19. The Morgan fingerprint density at radius 1 is 1.18 bits per heavy atom. The minimum Gasteiger partial charge on any atom is -0.355 e. The fourth-order valence-electron chi connectivity index (χ4n) is 3.85. The first-order valence-electron chi connectivity index (χ1n) is 9.88. The number of hydrogen-bond acceptors (Lipinski definition) is 4. The zero-order chi connectivity index (χ0) is 20.0. The largest absolute Gasteiger partial charge is 0.416 e. The molecule has 7 heteroatoms. The predicted molar refractivity (Wildman–Crippen MR) is 104 cm³/mol. The molecule has 0 saturated carbocycles. The van der Waals surface area contributed by atoms with Crippen LogP contribution >= 0.6 is 0 Å². The molecule has 3 rings (SSSR count). The molecule has 0 spiro atoms. The second kappa shape index (κ2) is 9.37. The molecule has 1 saturated heterocycles. The van der Waals surface area contributed by atoms with Crippen molar-refractivity contribution in [3.05, 3.63) is 53.3 Å². The molecule has 152 valence electrons. The second-order valence-electron chi connectivity index (χ2n) is 7.38. The maximum atomic E-state index is 13.2. The zero-order valence-electron chi connectivity index (χ0n) is 16.2. The first-order valence-corrected chi connectivity index (χ1v) is 9.88. The summed E-state index contributed by atoms with van der Waals surface area (Å²) in [6.45, 7) is 5.47. The number of aromatic nitrogens is 2. The highest BCUT2D eigenvalue weighted by Crippen LogP contribution is 2.33. The van der Waals surface area contributed by atoms with Gasteiger partial charge >= 0.3 is 6.18 Å². The first kappa shape index (κ1) is 20.6. The van der Waals surface area contributed by atoms with E-state index in [1.165, 1.54) is 12.1 Å².